The SMILES string of the molecule is O=C(O)c1ccc(Sc2ncc(Br)cc2Cl)cc1. The Morgan fingerprint density at radius 1 is 1.33 bits per heavy atom. The Bertz CT molecular complexity index is 589. The van der Waals surface area contributed by atoms with Gasteiger partial charge in [0.1, 0.15) is 5.03 Å². The molecule has 18 heavy (non-hydrogen) atoms. The number of aromatic carboxylic acids is 1. The highest BCUT2D eigenvalue weighted by Gasteiger charge is 2.06. The quantitative estimate of drug-likeness (QED) is 0.899. The van der Waals surface area contributed by atoms with Crippen LogP contribution in [-0.4, -0.2) is 16.1 Å². The third kappa shape index (κ3) is 3.25. The number of aromatic nitrogens is 1. The standard InChI is InChI=1S/C12H7BrClNO2S/c13-8-5-10(14)11(15-6-8)18-9-3-1-7(2-4-9)12(16)17/h1-6H,(H,16,17). The molecule has 0 atom stereocenters. The topological polar surface area (TPSA) is 50.2 Å². The highest BCUT2D eigenvalue weighted by molar-refractivity contribution is 9.10. The third-order valence-corrected chi connectivity index (χ3v) is 3.95. The number of halogens is 2. The fourth-order valence-electron chi connectivity index (χ4n) is 1.25. The second-order valence-corrected chi connectivity index (χ2v) is 5.76. The molecule has 92 valence electrons. The summed E-state index contributed by atoms with van der Waals surface area (Å²) in [7, 11) is 0. The van der Waals surface area contributed by atoms with Crippen LogP contribution in [0, 0.1) is 0 Å². The molecule has 1 aromatic heterocycles. The van der Waals surface area contributed by atoms with Crippen molar-refractivity contribution in [3.8, 4) is 0 Å². The van der Waals surface area contributed by atoms with Crippen LogP contribution in [0.25, 0.3) is 0 Å². The van der Waals surface area contributed by atoms with Gasteiger partial charge in [0.05, 0.1) is 10.6 Å². The molecule has 0 unspecified atom stereocenters. The van der Waals surface area contributed by atoms with E-state index in [0.717, 1.165) is 9.37 Å². The van der Waals surface area contributed by atoms with Gasteiger partial charge in [-0.3, -0.25) is 0 Å². The first kappa shape index (κ1) is 13.4. The predicted molar refractivity (Wildman–Crippen MR) is 74.5 cm³/mol. The van der Waals surface area contributed by atoms with Gasteiger partial charge in [-0.2, -0.15) is 0 Å². The monoisotopic (exact) mass is 343 g/mol. The maximum absolute atomic E-state index is 10.7. The Morgan fingerprint density at radius 3 is 2.56 bits per heavy atom. The van der Waals surface area contributed by atoms with E-state index in [1.807, 2.05) is 0 Å². The molecule has 0 amide bonds. The van der Waals surface area contributed by atoms with E-state index in [1.54, 1.807) is 36.5 Å². The molecule has 0 saturated heterocycles. The molecule has 0 bridgehead atoms. The van der Waals surface area contributed by atoms with Crippen molar-refractivity contribution in [2.24, 2.45) is 0 Å². The normalized spacial score (nSPS) is 10.3. The van der Waals surface area contributed by atoms with Crippen molar-refractivity contribution in [1.82, 2.24) is 4.98 Å². The van der Waals surface area contributed by atoms with Gasteiger partial charge in [0.15, 0.2) is 0 Å². The van der Waals surface area contributed by atoms with Gasteiger partial charge in [-0.1, -0.05) is 23.4 Å². The van der Waals surface area contributed by atoms with Crippen molar-refractivity contribution in [3.63, 3.8) is 0 Å². The molecule has 2 rings (SSSR count). The molecular weight excluding hydrogens is 338 g/mol. The molecule has 3 nitrogen and oxygen atoms in total. The summed E-state index contributed by atoms with van der Waals surface area (Å²) < 4.78 is 0.818. The smallest absolute Gasteiger partial charge is 0.335 e. The van der Waals surface area contributed by atoms with E-state index in [1.165, 1.54) is 11.8 Å². The number of rotatable bonds is 3. The van der Waals surface area contributed by atoms with E-state index in [4.69, 9.17) is 16.7 Å². The Hall–Kier alpha value is -1.04. The highest BCUT2D eigenvalue weighted by atomic mass is 79.9. The first-order chi connectivity index (χ1) is 8.56. The largest absolute Gasteiger partial charge is 0.478 e. The minimum Gasteiger partial charge on any atom is -0.478 e. The van der Waals surface area contributed by atoms with Crippen LogP contribution >= 0.6 is 39.3 Å². The van der Waals surface area contributed by atoms with Crippen molar-refractivity contribution in [1.29, 1.82) is 0 Å². The molecule has 0 spiro atoms. The molecule has 1 N–H and O–H groups in total. The maximum atomic E-state index is 10.7. The van der Waals surface area contributed by atoms with Crippen LogP contribution in [0.5, 0.6) is 0 Å². The minimum atomic E-state index is -0.939. The van der Waals surface area contributed by atoms with Crippen LogP contribution < -0.4 is 0 Å². The zero-order chi connectivity index (χ0) is 13.1. The number of benzene rings is 1. The number of pyridine rings is 1. The van der Waals surface area contributed by atoms with Gasteiger partial charge in [-0.15, -0.1) is 0 Å². The van der Waals surface area contributed by atoms with Crippen molar-refractivity contribution in [3.05, 3.63) is 51.6 Å². The van der Waals surface area contributed by atoms with E-state index >= 15 is 0 Å². The Balaban J connectivity index is 2.21. The lowest BCUT2D eigenvalue weighted by molar-refractivity contribution is 0.0697. The van der Waals surface area contributed by atoms with Crippen molar-refractivity contribution in [2.45, 2.75) is 9.92 Å². The fourth-order valence-corrected chi connectivity index (χ4v) is 2.76. The summed E-state index contributed by atoms with van der Waals surface area (Å²) in [6.07, 6.45) is 1.67. The Morgan fingerprint density at radius 2 is 2.00 bits per heavy atom. The molecule has 2 aromatic rings. The van der Waals surface area contributed by atoms with E-state index in [-0.39, 0.29) is 5.56 Å². The fraction of sp³-hybridized carbons (Fsp3) is 0. The number of nitrogens with zero attached hydrogens (tertiary/aromatic N) is 1. The van der Waals surface area contributed by atoms with Crippen LogP contribution in [-0.2, 0) is 0 Å². The highest BCUT2D eigenvalue weighted by Crippen LogP contribution is 2.32. The van der Waals surface area contributed by atoms with Gasteiger partial charge in [-0.25, -0.2) is 9.78 Å². The maximum Gasteiger partial charge on any atom is 0.335 e. The zero-order valence-electron chi connectivity index (χ0n) is 8.93. The molecule has 0 saturated carbocycles. The van der Waals surface area contributed by atoms with E-state index < -0.39 is 5.97 Å². The Labute approximate surface area is 121 Å². The van der Waals surface area contributed by atoms with Gasteiger partial charge >= 0.3 is 5.97 Å². The van der Waals surface area contributed by atoms with Crippen LogP contribution in [0.2, 0.25) is 5.02 Å². The van der Waals surface area contributed by atoms with Gasteiger partial charge in [-0.05, 0) is 46.3 Å². The van der Waals surface area contributed by atoms with Crippen LogP contribution in [0.4, 0.5) is 0 Å². The minimum absolute atomic E-state index is 0.259. The number of carbonyl (C=O) groups is 1. The van der Waals surface area contributed by atoms with Crippen LogP contribution in [0.1, 0.15) is 10.4 Å². The molecule has 1 heterocycles. The molecule has 0 aliphatic rings. The summed E-state index contributed by atoms with van der Waals surface area (Å²) in [6, 6.07) is 8.33. The molecule has 0 aliphatic heterocycles. The average Bonchev–Trinajstić information content (AvgIpc) is 2.33. The van der Waals surface area contributed by atoms with Gasteiger partial charge < -0.3 is 5.11 Å². The van der Waals surface area contributed by atoms with E-state index in [0.29, 0.717) is 10.0 Å². The summed E-state index contributed by atoms with van der Waals surface area (Å²) >= 11 is 10.7. The first-order valence-corrected chi connectivity index (χ1v) is 6.87. The van der Waals surface area contributed by atoms with Gasteiger partial charge in [0.2, 0.25) is 0 Å². The first-order valence-electron chi connectivity index (χ1n) is 4.88. The number of hydrogen-bond acceptors (Lipinski definition) is 3. The third-order valence-electron chi connectivity index (χ3n) is 2.09. The number of carboxylic acid groups (broad SMARTS) is 1. The average molecular weight is 345 g/mol. The van der Waals surface area contributed by atoms with E-state index in [2.05, 4.69) is 20.9 Å². The number of hydrogen-bond donors (Lipinski definition) is 1. The van der Waals surface area contributed by atoms with Crippen molar-refractivity contribution < 1.29 is 9.90 Å². The summed E-state index contributed by atoms with van der Waals surface area (Å²) in [4.78, 5) is 15.8. The lowest BCUT2D eigenvalue weighted by Gasteiger charge is -2.04. The van der Waals surface area contributed by atoms with Crippen molar-refractivity contribution >= 4 is 45.3 Å². The molecule has 1 aromatic carbocycles. The molecule has 0 aliphatic carbocycles. The van der Waals surface area contributed by atoms with Gasteiger partial charge in [0, 0.05) is 15.6 Å². The molecular formula is C12H7BrClNO2S. The molecule has 0 fully saturated rings. The lowest BCUT2D eigenvalue weighted by Crippen LogP contribution is -1.94. The van der Waals surface area contributed by atoms with Gasteiger partial charge in [0.25, 0.3) is 0 Å². The zero-order valence-corrected chi connectivity index (χ0v) is 12.1. The summed E-state index contributed by atoms with van der Waals surface area (Å²) in [5, 5.41) is 10.0. The summed E-state index contributed by atoms with van der Waals surface area (Å²) in [5.41, 5.74) is 0.259. The van der Waals surface area contributed by atoms with Crippen molar-refractivity contribution in [2.75, 3.05) is 0 Å². The lowest BCUT2D eigenvalue weighted by atomic mass is 10.2. The molecule has 0 radical (unpaired) electrons. The number of carboxylic acids is 1. The summed E-state index contributed by atoms with van der Waals surface area (Å²) in [5.74, 6) is -0.939. The second-order valence-electron chi connectivity index (χ2n) is 3.37. The Kier molecular flexibility index (Phi) is 4.27. The molecule has 6 heteroatoms. The van der Waals surface area contributed by atoms with E-state index in [9.17, 15) is 4.79 Å². The second kappa shape index (κ2) is 5.73. The summed E-state index contributed by atoms with van der Waals surface area (Å²) in [6.45, 7) is 0. The predicted octanol–water partition coefficient (Wildman–Crippen LogP) is 4.35. The van der Waals surface area contributed by atoms with Crippen LogP contribution in [0.15, 0.2) is 50.9 Å². The van der Waals surface area contributed by atoms with Crippen LogP contribution in [0.3, 0.4) is 0 Å².